The minimum atomic E-state index is 0.527. The van der Waals surface area contributed by atoms with E-state index in [2.05, 4.69) is 31.9 Å². The van der Waals surface area contributed by atoms with Crippen LogP contribution in [-0.4, -0.2) is 0 Å². The summed E-state index contributed by atoms with van der Waals surface area (Å²) >= 11 is 6.23. The fourth-order valence-corrected chi connectivity index (χ4v) is 1.98. The minimum Gasteiger partial charge on any atom is -0.617 e. The molecular formula is C6H5Br2NO. The summed E-state index contributed by atoms with van der Waals surface area (Å²) in [6.07, 6.45) is 0. The van der Waals surface area contributed by atoms with Gasteiger partial charge in [0.25, 0.3) is 9.21 Å². The fourth-order valence-electron chi connectivity index (χ4n) is 0.637. The Labute approximate surface area is 75.7 Å². The smallest absolute Gasteiger partial charge is 0.260 e. The van der Waals surface area contributed by atoms with E-state index in [-0.39, 0.29) is 0 Å². The first-order valence-electron chi connectivity index (χ1n) is 2.66. The molecule has 0 amide bonds. The van der Waals surface area contributed by atoms with Crippen LogP contribution in [0, 0.1) is 12.1 Å². The van der Waals surface area contributed by atoms with Crippen molar-refractivity contribution in [1.29, 1.82) is 0 Å². The zero-order valence-electron chi connectivity index (χ0n) is 5.27. The summed E-state index contributed by atoms with van der Waals surface area (Å²) in [6.45, 7) is 1.93. The Morgan fingerprint density at radius 1 is 1.30 bits per heavy atom. The molecule has 2 nitrogen and oxygen atoms in total. The molecule has 1 heterocycles. The van der Waals surface area contributed by atoms with Crippen molar-refractivity contribution in [1.82, 2.24) is 0 Å². The summed E-state index contributed by atoms with van der Waals surface area (Å²) < 4.78 is 1.83. The first kappa shape index (κ1) is 8.01. The molecule has 4 heteroatoms. The topological polar surface area (TPSA) is 26.9 Å². The molecule has 0 bridgehead atoms. The van der Waals surface area contributed by atoms with Crippen LogP contribution in [0.4, 0.5) is 0 Å². The highest BCUT2D eigenvalue weighted by Crippen LogP contribution is 2.12. The second-order valence-corrected chi connectivity index (χ2v) is 3.60. The first-order valence-corrected chi connectivity index (χ1v) is 4.25. The number of hydrogen-bond donors (Lipinski definition) is 0. The average Bonchev–Trinajstić information content (AvgIpc) is 1.82. The van der Waals surface area contributed by atoms with Gasteiger partial charge in [-0.1, -0.05) is 0 Å². The van der Waals surface area contributed by atoms with Crippen LogP contribution in [0.15, 0.2) is 21.3 Å². The van der Waals surface area contributed by atoms with E-state index in [1.807, 2.05) is 6.92 Å². The van der Waals surface area contributed by atoms with Gasteiger partial charge in [0.15, 0.2) is 0 Å². The van der Waals surface area contributed by atoms with Crippen LogP contribution >= 0.6 is 31.9 Å². The second kappa shape index (κ2) is 2.88. The number of aryl methyl sites for hydroxylation is 1. The molecular weight excluding hydrogens is 262 g/mol. The summed E-state index contributed by atoms with van der Waals surface area (Å²) in [5, 5.41) is 10.9. The lowest BCUT2D eigenvalue weighted by Gasteiger charge is -2.00. The van der Waals surface area contributed by atoms with E-state index in [1.54, 1.807) is 12.1 Å². The summed E-state index contributed by atoms with van der Waals surface area (Å²) in [5.74, 6) is 0. The Kier molecular flexibility index (Phi) is 2.31. The molecule has 0 saturated heterocycles. The summed E-state index contributed by atoms with van der Waals surface area (Å²) in [6, 6.07) is 3.52. The third-order valence-corrected chi connectivity index (χ3v) is 2.18. The van der Waals surface area contributed by atoms with Crippen molar-refractivity contribution in [2.75, 3.05) is 0 Å². The molecule has 1 rings (SSSR count). The van der Waals surface area contributed by atoms with Crippen molar-refractivity contribution in [2.45, 2.75) is 6.92 Å². The predicted octanol–water partition coefficient (Wildman–Crippen LogP) is 2.15. The molecule has 1 aromatic rings. The second-order valence-electron chi connectivity index (χ2n) is 1.97. The van der Waals surface area contributed by atoms with E-state index >= 15 is 0 Å². The number of pyridine rings is 1. The zero-order chi connectivity index (χ0) is 7.72. The van der Waals surface area contributed by atoms with Gasteiger partial charge in [-0.15, -0.1) is 0 Å². The molecule has 0 atom stereocenters. The van der Waals surface area contributed by atoms with E-state index in [9.17, 15) is 5.21 Å². The number of hydrogen-bond acceptors (Lipinski definition) is 1. The van der Waals surface area contributed by atoms with Crippen molar-refractivity contribution in [3.05, 3.63) is 32.1 Å². The molecule has 1 aromatic heterocycles. The third kappa shape index (κ3) is 1.49. The standard InChI is InChI=1S/C6H5Br2NO/c1-4-2-5(7)9(10)6(8)3-4/h2-3H,1H3. The van der Waals surface area contributed by atoms with Crippen molar-refractivity contribution in [3.8, 4) is 0 Å². The van der Waals surface area contributed by atoms with Crippen LogP contribution in [0.3, 0.4) is 0 Å². The van der Waals surface area contributed by atoms with Crippen LogP contribution in [0.25, 0.3) is 0 Å². The lowest BCUT2D eigenvalue weighted by molar-refractivity contribution is -0.629. The Balaban J connectivity index is 3.31. The molecule has 0 aliphatic carbocycles. The first-order chi connectivity index (χ1) is 4.61. The van der Waals surface area contributed by atoms with Gasteiger partial charge >= 0.3 is 0 Å². The van der Waals surface area contributed by atoms with Crippen molar-refractivity contribution in [3.63, 3.8) is 0 Å². The van der Waals surface area contributed by atoms with Crippen molar-refractivity contribution in [2.24, 2.45) is 0 Å². The van der Waals surface area contributed by atoms with Gasteiger partial charge in [-0.2, -0.15) is 4.73 Å². The van der Waals surface area contributed by atoms with Gasteiger partial charge in [-0.25, -0.2) is 0 Å². The predicted molar refractivity (Wildman–Crippen MR) is 45.5 cm³/mol. The van der Waals surface area contributed by atoms with Crippen LogP contribution in [0.5, 0.6) is 0 Å². The van der Waals surface area contributed by atoms with Crippen molar-refractivity contribution < 1.29 is 4.73 Å². The number of halogens is 2. The van der Waals surface area contributed by atoms with Crippen LogP contribution in [0.1, 0.15) is 5.56 Å². The Hall–Kier alpha value is -0.0900. The van der Waals surface area contributed by atoms with Gasteiger partial charge in [-0.3, -0.25) is 0 Å². The largest absolute Gasteiger partial charge is 0.617 e. The molecule has 0 unspecified atom stereocenters. The summed E-state index contributed by atoms with van der Waals surface area (Å²) in [4.78, 5) is 0. The van der Waals surface area contributed by atoms with E-state index in [4.69, 9.17) is 0 Å². The van der Waals surface area contributed by atoms with Gasteiger partial charge in [0.05, 0.1) is 0 Å². The Morgan fingerprint density at radius 2 is 1.70 bits per heavy atom. The lowest BCUT2D eigenvalue weighted by Crippen LogP contribution is -2.29. The molecule has 0 radical (unpaired) electrons. The molecule has 10 heavy (non-hydrogen) atoms. The molecule has 0 aliphatic rings. The van der Waals surface area contributed by atoms with Gasteiger partial charge in [0, 0.05) is 44.0 Å². The monoisotopic (exact) mass is 265 g/mol. The number of aromatic nitrogens is 1. The normalized spacial score (nSPS) is 9.90. The van der Waals surface area contributed by atoms with Gasteiger partial charge < -0.3 is 5.21 Å². The minimum absolute atomic E-state index is 0.527. The molecule has 0 fully saturated rings. The highest BCUT2D eigenvalue weighted by atomic mass is 79.9. The van der Waals surface area contributed by atoms with Crippen molar-refractivity contribution >= 4 is 31.9 Å². The summed E-state index contributed by atoms with van der Waals surface area (Å²) in [7, 11) is 0. The van der Waals surface area contributed by atoms with Gasteiger partial charge in [0.2, 0.25) is 0 Å². The summed E-state index contributed by atoms with van der Waals surface area (Å²) in [5.41, 5.74) is 1.05. The number of nitrogens with zero attached hydrogens (tertiary/aromatic N) is 1. The molecule has 0 saturated carbocycles. The molecule has 54 valence electrons. The zero-order valence-corrected chi connectivity index (χ0v) is 8.44. The SMILES string of the molecule is Cc1cc(Br)[n+]([O-])c(Br)c1. The Bertz CT molecular complexity index is 239. The number of rotatable bonds is 0. The van der Waals surface area contributed by atoms with Crippen LogP contribution < -0.4 is 4.73 Å². The third-order valence-electron chi connectivity index (χ3n) is 1.08. The lowest BCUT2D eigenvalue weighted by atomic mass is 10.3. The van der Waals surface area contributed by atoms with Crippen LogP contribution in [-0.2, 0) is 0 Å². The molecule has 0 spiro atoms. The maximum absolute atomic E-state index is 10.9. The highest BCUT2D eigenvalue weighted by Gasteiger charge is 2.05. The highest BCUT2D eigenvalue weighted by molar-refractivity contribution is 9.11. The average molecular weight is 267 g/mol. The van der Waals surface area contributed by atoms with Crippen LogP contribution in [0.2, 0.25) is 0 Å². The molecule has 0 aliphatic heterocycles. The molecule has 0 aromatic carbocycles. The quantitative estimate of drug-likeness (QED) is 0.402. The van der Waals surface area contributed by atoms with E-state index < -0.39 is 0 Å². The Morgan fingerprint density at radius 3 is 2.10 bits per heavy atom. The maximum Gasteiger partial charge on any atom is 0.260 e. The van der Waals surface area contributed by atoms with E-state index in [0.717, 1.165) is 10.3 Å². The molecule has 0 N–H and O–H groups in total. The van der Waals surface area contributed by atoms with Gasteiger partial charge in [0.1, 0.15) is 0 Å². The fraction of sp³-hybridized carbons (Fsp3) is 0.167. The van der Waals surface area contributed by atoms with E-state index in [1.165, 1.54) is 0 Å². The van der Waals surface area contributed by atoms with E-state index in [0.29, 0.717) is 9.21 Å². The maximum atomic E-state index is 10.9. The van der Waals surface area contributed by atoms with Gasteiger partial charge in [-0.05, 0) is 12.5 Å².